The summed E-state index contributed by atoms with van der Waals surface area (Å²) in [5.41, 5.74) is 4.90. The summed E-state index contributed by atoms with van der Waals surface area (Å²) in [7, 11) is 1.85. The molecule has 0 aliphatic heterocycles. The maximum Gasteiger partial charge on any atom is 0.247 e. The molecule has 3 aromatic rings. The van der Waals surface area contributed by atoms with Crippen LogP contribution in [0.4, 0.5) is 5.69 Å². The van der Waals surface area contributed by atoms with Gasteiger partial charge in [-0.3, -0.25) is 9.69 Å². The maximum absolute atomic E-state index is 12.6. The van der Waals surface area contributed by atoms with Crippen LogP contribution in [0.1, 0.15) is 35.5 Å². The van der Waals surface area contributed by atoms with Crippen LogP contribution in [0, 0.1) is 20.8 Å². The van der Waals surface area contributed by atoms with Gasteiger partial charge in [0.15, 0.2) is 0 Å². The molecule has 1 unspecified atom stereocenters. The van der Waals surface area contributed by atoms with Crippen molar-refractivity contribution in [3.63, 3.8) is 0 Å². The van der Waals surface area contributed by atoms with Gasteiger partial charge < -0.3 is 9.73 Å². The third kappa shape index (κ3) is 5.02. The summed E-state index contributed by atoms with van der Waals surface area (Å²) < 4.78 is 5.80. The third-order valence-corrected chi connectivity index (χ3v) is 5.10. The highest BCUT2D eigenvalue weighted by molar-refractivity contribution is 6.30. The third-order valence-electron chi connectivity index (χ3n) is 4.87. The maximum atomic E-state index is 12.6. The number of likely N-dealkylation sites (N-methyl/N-ethyl adjacent to an activating group) is 1. The smallest absolute Gasteiger partial charge is 0.247 e. The van der Waals surface area contributed by atoms with Crippen molar-refractivity contribution < 1.29 is 9.21 Å². The monoisotopic (exact) mass is 412 g/mol. The Balaban J connectivity index is 1.66. The average molecular weight is 413 g/mol. The van der Waals surface area contributed by atoms with Gasteiger partial charge in [0.1, 0.15) is 0 Å². The van der Waals surface area contributed by atoms with Crippen LogP contribution < -0.4 is 5.32 Å². The van der Waals surface area contributed by atoms with Crippen molar-refractivity contribution in [2.24, 2.45) is 0 Å². The summed E-state index contributed by atoms with van der Waals surface area (Å²) in [5.74, 6) is 0.750. The highest BCUT2D eigenvalue weighted by atomic mass is 35.5. The fourth-order valence-corrected chi connectivity index (χ4v) is 3.44. The molecule has 0 saturated carbocycles. The van der Waals surface area contributed by atoms with E-state index in [9.17, 15) is 4.79 Å². The van der Waals surface area contributed by atoms with Crippen molar-refractivity contribution >= 4 is 23.2 Å². The first kappa shape index (κ1) is 21.0. The van der Waals surface area contributed by atoms with Crippen LogP contribution in [0.25, 0.3) is 11.5 Å². The number of aryl methyl sites for hydroxylation is 3. The largest absolute Gasteiger partial charge is 0.419 e. The van der Waals surface area contributed by atoms with Crippen molar-refractivity contribution in [2.45, 2.75) is 33.7 Å². The molecule has 0 saturated heterocycles. The second kappa shape index (κ2) is 8.76. The topological polar surface area (TPSA) is 71.3 Å². The van der Waals surface area contributed by atoms with Crippen LogP contribution in [0.3, 0.4) is 0 Å². The molecule has 0 fully saturated rings. The van der Waals surface area contributed by atoms with E-state index in [1.54, 1.807) is 12.1 Å². The zero-order valence-electron chi connectivity index (χ0n) is 17.3. The van der Waals surface area contributed by atoms with Gasteiger partial charge in [0.25, 0.3) is 0 Å². The average Bonchev–Trinajstić information content (AvgIpc) is 3.14. The predicted octanol–water partition coefficient (Wildman–Crippen LogP) is 4.95. The molecule has 2 aromatic carbocycles. The van der Waals surface area contributed by atoms with Crippen molar-refractivity contribution in [3.8, 4) is 11.5 Å². The molecule has 1 atom stereocenters. The van der Waals surface area contributed by atoms with Gasteiger partial charge in [-0.2, -0.15) is 0 Å². The minimum Gasteiger partial charge on any atom is -0.419 e. The number of benzene rings is 2. The molecule has 1 aromatic heterocycles. The first-order valence-corrected chi connectivity index (χ1v) is 9.79. The van der Waals surface area contributed by atoms with E-state index in [0.29, 0.717) is 16.8 Å². The van der Waals surface area contributed by atoms with E-state index in [-0.39, 0.29) is 18.5 Å². The van der Waals surface area contributed by atoms with Gasteiger partial charge >= 0.3 is 0 Å². The molecule has 152 valence electrons. The number of anilines is 1. The molecule has 29 heavy (non-hydrogen) atoms. The zero-order valence-corrected chi connectivity index (χ0v) is 18.0. The summed E-state index contributed by atoms with van der Waals surface area (Å²) in [6.45, 7) is 8.16. The number of nitrogens with one attached hydrogen (secondary N) is 1. The molecule has 0 bridgehead atoms. The molecule has 1 amide bonds. The molecule has 3 rings (SSSR count). The molecule has 6 nitrogen and oxygen atoms in total. The fraction of sp³-hybridized carbons (Fsp3) is 0.318. The first-order chi connectivity index (χ1) is 13.7. The molecule has 1 heterocycles. The molecule has 7 heteroatoms. The second-order valence-electron chi connectivity index (χ2n) is 7.37. The molecule has 0 aliphatic carbocycles. The van der Waals surface area contributed by atoms with E-state index < -0.39 is 0 Å². The normalized spacial score (nSPS) is 12.2. The lowest BCUT2D eigenvalue weighted by Crippen LogP contribution is -2.32. The van der Waals surface area contributed by atoms with Gasteiger partial charge in [-0.15, -0.1) is 10.2 Å². The van der Waals surface area contributed by atoms with Gasteiger partial charge in [0, 0.05) is 16.3 Å². The number of aromatic nitrogens is 2. The van der Waals surface area contributed by atoms with Crippen LogP contribution in [0.2, 0.25) is 5.02 Å². The molecular formula is C22H25ClN4O2. The highest BCUT2D eigenvalue weighted by Gasteiger charge is 2.21. The summed E-state index contributed by atoms with van der Waals surface area (Å²) >= 11 is 6.03. The van der Waals surface area contributed by atoms with E-state index in [2.05, 4.69) is 27.6 Å². The zero-order chi connectivity index (χ0) is 21.1. The quantitative estimate of drug-likeness (QED) is 0.620. The Morgan fingerprint density at radius 2 is 1.86 bits per heavy atom. The van der Waals surface area contributed by atoms with Crippen molar-refractivity contribution in [1.82, 2.24) is 15.1 Å². The minimum absolute atomic E-state index is 0.0935. The summed E-state index contributed by atoms with van der Waals surface area (Å²) in [4.78, 5) is 14.4. The molecule has 0 spiro atoms. The summed E-state index contributed by atoms with van der Waals surface area (Å²) in [6.07, 6.45) is 0. The standard InChI is InChI=1S/C22H25ClN4O2/c1-13-9-14(2)20(15(3)10-13)24-19(28)12-27(5)16(4)21-25-26-22(29-21)17-7-6-8-18(23)11-17/h6-11,16H,12H2,1-5H3,(H,24,28). The number of hydrogen-bond acceptors (Lipinski definition) is 5. The Labute approximate surface area is 175 Å². The number of rotatable bonds is 6. The van der Waals surface area contributed by atoms with E-state index in [4.69, 9.17) is 16.0 Å². The number of carbonyl (C=O) groups excluding carboxylic acids is 1. The minimum atomic E-state index is -0.221. The molecule has 0 radical (unpaired) electrons. The molecular weight excluding hydrogens is 388 g/mol. The summed E-state index contributed by atoms with van der Waals surface area (Å²) in [5, 5.41) is 11.9. The number of halogens is 1. The summed E-state index contributed by atoms with van der Waals surface area (Å²) in [6, 6.07) is 11.1. The fourth-order valence-electron chi connectivity index (χ4n) is 3.25. The van der Waals surface area contributed by atoms with Crippen molar-refractivity contribution in [3.05, 3.63) is 64.0 Å². The van der Waals surface area contributed by atoms with Crippen LogP contribution in [0.15, 0.2) is 40.8 Å². The Kier molecular flexibility index (Phi) is 6.35. The van der Waals surface area contributed by atoms with Crippen LogP contribution in [-0.4, -0.2) is 34.6 Å². The highest BCUT2D eigenvalue weighted by Crippen LogP contribution is 2.25. The van der Waals surface area contributed by atoms with E-state index in [1.807, 2.05) is 51.8 Å². The second-order valence-corrected chi connectivity index (χ2v) is 7.81. The lowest BCUT2D eigenvalue weighted by Gasteiger charge is -2.22. The van der Waals surface area contributed by atoms with E-state index >= 15 is 0 Å². The Morgan fingerprint density at radius 1 is 1.17 bits per heavy atom. The number of nitrogens with zero attached hydrogens (tertiary/aromatic N) is 3. The molecule has 0 aliphatic rings. The SMILES string of the molecule is Cc1cc(C)c(NC(=O)CN(C)C(C)c2nnc(-c3cccc(Cl)c3)o2)c(C)c1. The lowest BCUT2D eigenvalue weighted by molar-refractivity contribution is -0.117. The first-order valence-electron chi connectivity index (χ1n) is 9.42. The van der Waals surface area contributed by atoms with Gasteiger partial charge in [0.2, 0.25) is 17.7 Å². The van der Waals surface area contributed by atoms with Gasteiger partial charge in [-0.25, -0.2) is 0 Å². The van der Waals surface area contributed by atoms with E-state index in [0.717, 1.165) is 22.4 Å². The van der Waals surface area contributed by atoms with E-state index in [1.165, 1.54) is 5.56 Å². The Bertz CT molecular complexity index is 1010. The van der Waals surface area contributed by atoms with Crippen molar-refractivity contribution in [1.29, 1.82) is 0 Å². The van der Waals surface area contributed by atoms with Gasteiger partial charge in [-0.05, 0) is 64.1 Å². The predicted molar refractivity (Wildman–Crippen MR) is 115 cm³/mol. The van der Waals surface area contributed by atoms with Crippen molar-refractivity contribution in [2.75, 3.05) is 18.9 Å². The van der Waals surface area contributed by atoms with Gasteiger partial charge in [-0.1, -0.05) is 35.4 Å². The lowest BCUT2D eigenvalue weighted by atomic mass is 10.1. The number of hydrogen-bond donors (Lipinski definition) is 1. The van der Waals surface area contributed by atoms with Crippen LogP contribution in [-0.2, 0) is 4.79 Å². The number of amides is 1. The molecule has 1 N–H and O–H groups in total. The van der Waals surface area contributed by atoms with Crippen LogP contribution >= 0.6 is 11.6 Å². The van der Waals surface area contributed by atoms with Gasteiger partial charge in [0.05, 0.1) is 12.6 Å². The number of carbonyl (C=O) groups is 1. The van der Waals surface area contributed by atoms with Crippen LogP contribution in [0.5, 0.6) is 0 Å². The Hall–Kier alpha value is -2.70. The Morgan fingerprint density at radius 3 is 2.52 bits per heavy atom.